The van der Waals surface area contributed by atoms with E-state index in [4.69, 9.17) is 11.6 Å². The zero-order chi connectivity index (χ0) is 14.4. The Morgan fingerprint density at radius 3 is 2.20 bits per heavy atom. The monoisotopic (exact) mass is 283 g/mol. The van der Waals surface area contributed by atoms with Crippen molar-refractivity contribution in [3.8, 4) is 0 Å². The van der Waals surface area contributed by atoms with E-state index in [0.29, 0.717) is 5.92 Å². The minimum atomic E-state index is 0.569. The second-order valence-corrected chi connectivity index (χ2v) is 5.37. The van der Waals surface area contributed by atoms with Crippen LogP contribution in [0.4, 0.5) is 5.69 Å². The lowest BCUT2D eigenvalue weighted by Crippen LogP contribution is -1.85. The van der Waals surface area contributed by atoms with Gasteiger partial charge in [0.25, 0.3) is 0 Å². The molecule has 0 radical (unpaired) electrons. The second-order valence-electron chi connectivity index (χ2n) is 4.94. The van der Waals surface area contributed by atoms with Crippen molar-refractivity contribution >= 4 is 29.6 Å². The van der Waals surface area contributed by atoms with Crippen LogP contribution in [0.25, 0.3) is 6.08 Å². The molecule has 2 heteroatoms. The minimum Gasteiger partial charge on any atom is -0.257 e. The van der Waals surface area contributed by atoms with Crippen molar-refractivity contribution in [2.45, 2.75) is 19.8 Å². The van der Waals surface area contributed by atoms with Crippen LogP contribution in [0.3, 0.4) is 0 Å². The van der Waals surface area contributed by atoms with E-state index in [1.165, 1.54) is 11.1 Å². The molecule has 0 spiro atoms. The maximum atomic E-state index is 5.82. The number of hydrogen-bond donors (Lipinski definition) is 0. The summed E-state index contributed by atoms with van der Waals surface area (Å²) in [7, 11) is 0. The second kappa shape index (κ2) is 7.06. The summed E-state index contributed by atoms with van der Waals surface area (Å²) in [5.41, 5.74) is 3.43. The van der Waals surface area contributed by atoms with Gasteiger partial charge in [-0.05, 0) is 47.4 Å². The fourth-order valence-corrected chi connectivity index (χ4v) is 1.93. The summed E-state index contributed by atoms with van der Waals surface area (Å²) in [6.07, 6.45) is 5.78. The van der Waals surface area contributed by atoms with Gasteiger partial charge in [0, 0.05) is 11.2 Å². The van der Waals surface area contributed by atoms with Crippen molar-refractivity contribution < 1.29 is 0 Å². The highest BCUT2D eigenvalue weighted by Crippen LogP contribution is 2.16. The molecule has 1 nitrogen and oxygen atoms in total. The smallest absolute Gasteiger partial charge is 0.0630 e. The Morgan fingerprint density at radius 2 is 1.60 bits per heavy atom. The molecule has 2 aromatic rings. The van der Waals surface area contributed by atoms with Crippen LogP contribution in [0, 0.1) is 0 Å². The van der Waals surface area contributed by atoms with Crippen LogP contribution >= 0.6 is 11.6 Å². The number of rotatable bonds is 4. The highest BCUT2D eigenvalue weighted by atomic mass is 35.5. The molecule has 0 aliphatic carbocycles. The highest BCUT2D eigenvalue weighted by molar-refractivity contribution is 6.30. The van der Waals surface area contributed by atoms with Crippen molar-refractivity contribution in [1.82, 2.24) is 0 Å². The summed E-state index contributed by atoms with van der Waals surface area (Å²) in [6.45, 7) is 4.40. The number of allylic oxidation sites excluding steroid dienone is 1. The van der Waals surface area contributed by atoms with Crippen LogP contribution in [-0.4, -0.2) is 6.21 Å². The number of nitrogens with zero attached hydrogens (tertiary/aromatic N) is 1. The molecule has 20 heavy (non-hydrogen) atoms. The molecule has 0 saturated carbocycles. The van der Waals surface area contributed by atoms with Gasteiger partial charge in [0.05, 0.1) is 5.69 Å². The van der Waals surface area contributed by atoms with Gasteiger partial charge in [0.2, 0.25) is 0 Å². The summed E-state index contributed by atoms with van der Waals surface area (Å²) in [4.78, 5) is 4.34. The minimum absolute atomic E-state index is 0.569. The van der Waals surface area contributed by atoms with Crippen molar-refractivity contribution in [3.63, 3.8) is 0 Å². The normalized spacial score (nSPS) is 11.8. The lowest BCUT2D eigenvalue weighted by atomic mass is 10.0. The maximum absolute atomic E-state index is 5.82. The summed E-state index contributed by atoms with van der Waals surface area (Å²) in [5.74, 6) is 0.569. The van der Waals surface area contributed by atoms with Crippen molar-refractivity contribution in [1.29, 1.82) is 0 Å². The highest BCUT2D eigenvalue weighted by Gasteiger charge is 1.96. The molecule has 2 rings (SSSR count). The fraction of sp³-hybridized carbons (Fsp3) is 0.167. The molecule has 0 aliphatic heterocycles. The van der Waals surface area contributed by atoms with Gasteiger partial charge in [0.15, 0.2) is 0 Å². The topological polar surface area (TPSA) is 12.4 Å². The molecule has 102 valence electrons. The van der Waals surface area contributed by atoms with E-state index in [-0.39, 0.29) is 0 Å². The van der Waals surface area contributed by atoms with Gasteiger partial charge in [-0.25, -0.2) is 0 Å². The first kappa shape index (κ1) is 14.5. The first-order valence-electron chi connectivity index (χ1n) is 6.71. The summed E-state index contributed by atoms with van der Waals surface area (Å²) in [5, 5.41) is 0.727. The predicted octanol–water partition coefficient (Wildman–Crippen LogP) is 5.88. The number of hydrogen-bond acceptors (Lipinski definition) is 1. The Balaban J connectivity index is 1.97. The van der Waals surface area contributed by atoms with E-state index in [2.05, 4.69) is 43.1 Å². The molecule has 0 aliphatic rings. The van der Waals surface area contributed by atoms with Gasteiger partial charge in [-0.15, -0.1) is 0 Å². The molecule has 0 saturated heterocycles. The zero-order valence-electron chi connectivity index (χ0n) is 11.8. The van der Waals surface area contributed by atoms with Crippen LogP contribution in [0.5, 0.6) is 0 Å². The Morgan fingerprint density at radius 1 is 0.950 bits per heavy atom. The fourth-order valence-electron chi connectivity index (χ4n) is 1.80. The predicted molar refractivity (Wildman–Crippen MR) is 89.2 cm³/mol. The van der Waals surface area contributed by atoms with Crippen LogP contribution in [0.1, 0.15) is 30.9 Å². The molecular formula is C18H18ClN. The number of aliphatic imine (C=N–C) groups is 1. The molecular weight excluding hydrogens is 266 g/mol. The lowest BCUT2D eigenvalue weighted by Gasteiger charge is -2.04. The van der Waals surface area contributed by atoms with Gasteiger partial charge in [-0.2, -0.15) is 0 Å². The first-order chi connectivity index (χ1) is 9.65. The van der Waals surface area contributed by atoms with E-state index in [1.54, 1.807) is 6.21 Å². The van der Waals surface area contributed by atoms with Crippen LogP contribution in [0.15, 0.2) is 59.6 Å². The van der Waals surface area contributed by atoms with Crippen molar-refractivity contribution in [2.24, 2.45) is 4.99 Å². The van der Waals surface area contributed by atoms with Gasteiger partial charge < -0.3 is 0 Å². The third-order valence-electron chi connectivity index (χ3n) is 3.03. The largest absolute Gasteiger partial charge is 0.257 e. The number of halogens is 1. The average molecular weight is 284 g/mol. The van der Waals surface area contributed by atoms with E-state index in [0.717, 1.165) is 10.7 Å². The Bertz CT molecular complexity index is 592. The lowest BCUT2D eigenvalue weighted by molar-refractivity contribution is 0.866. The first-order valence-corrected chi connectivity index (χ1v) is 7.09. The van der Waals surface area contributed by atoms with E-state index in [9.17, 15) is 0 Å². The molecule has 2 aromatic carbocycles. The van der Waals surface area contributed by atoms with E-state index < -0.39 is 0 Å². The maximum Gasteiger partial charge on any atom is 0.0630 e. The molecule has 0 amide bonds. The molecule has 0 bridgehead atoms. The third kappa shape index (κ3) is 4.36. The summed E-state index contributed by atoms with van der Waals surface area (Å²) >= 11 is 5.82. The van der Waals surface area contributed by atoms with Crippen LogP contribution < -0.4 is 0 Å². The quantitative estimate of drug-likeness (QED) is 0.621. The Kier molecular flexibility index (Phi) is 5.14. The van der Waals surface area contributed by atoms with E-state index in [1.807, 2.05) is 36.4 Å². The average Bonchev–Trinajstić information content (AvgIpc) is 2.46. The molecule has 0 N–H and O–H groups in total. The molecule has 0 atom stereocenters. The standard InChI is InChI=1S/C18H18ClN/c1-14(2)16-7-5-15(6-8-16)4-3-13-20-18-11-9-17(19)10-12-18/h3-14H,1-2H3/b4-3+,20-13?. The van der Waals surface area contributed by atoms with Gasteiger partial charge >= 0.3 is 0 Å². The van der Waals surface area contributed by atoms with Gasteiger partial charge in [-0.3, -0.25) is 4.99 Å². The molecule has 0 heterocycles. The summed E-state index contributed by atoms with van der Waals surface area (Å²) < 4.78 is 0. The van der Waals surface area contributed by atoms with Crippen molar-refractivity contribution in [2.75, 3.05) is 0 Å². The molecule has 0 unspecified atom stereocenters. The zero-order valence-corrected chi connectivity index (χ0v) is 12.5. The number of benzene rings is 2. The van der Waals surface area contributed by atoms with Crippen LogP contribution in [0.2, 0.25) is 5.02 Å². The Labute approximate surface area is 125 Å². The third-order valence-corrected chi connectivity index (χ3v) is 3.28. The molecule has 0 aromatic heterocycles. The van der Waals surface area contributed by atoms with Crippen molar-refractivity contribution in [3.05, 3.63) is 70.8 Å². The van der Waals surface area contributed by atoms with Crippen LogP contribution in [-0.2, 0) is 0 Å². The van der Waals surface area contributed by atoms with E-state index >= 15 is 0 Å². The van der Waals surface area contributed by atoms with Gasteiger partial charge in [-0.1, -0.05) is 55.8 Å². The SMILES string of the molecule is CC(C)c1ccc(/C=C/C=Nc2ccc(Cl)cc2)cc1. The molecule has 0 fully saturated rings. The Hall–Kier alpha value is -1.86. The van der Waals surface area contributed by atoms with Gasteiger partial charge in [0.1, 0.15) is 0 Å². The summed E-state index contributed by atoms with van der Waals surface area (Å²) in [6, 6.07) is 16.0.